The number of rotatable bonds is 12. The van der Waals surface area contributed by atoms with Gasteiger partial charge in [0.1, 0.15) is 5.75 Å². The van der Waals surface area contributed by atoms with Gasteiger partial charge in [0.25, 0.3) is 0 Å². The molecule has 0 radical (unpaired) electrons. The molecule has 146 valence electrons. The molecule has 3 nitrogen and oxygen atoms in total. The molecule has 0 amide bonds. The third-order valence-electron chi connectivity index (χ3n) is 4.57. The Morgan fingerprint density at radius 2 is 1.70 bits per heavy atom. The van der Waals surface area contributed by atoms with Crippen molar-refractivity contribution >= 4 is 0 Å². The predicted octanol–water partition coefficient (Wildman–Crippen LogP) is 5.51. The van der Waals surface area contributed by atoms with E-state index < -0.39 is 0 Å². The number of ether oxygens (including phenoxy) is 2. The van der Waals surface area contributed by atoms with Crippen LogP contribution in [-0.4, -0.2) is 19.3 Å². The minimum atomic E-state index is 0.0785. The molecule has 0 aliphatic carbocycles. The summed E-state index contributed by atoms with van der Waals surface area (Å²) >= 11 is 0. The Hall–Kier alpha value is -2.10. The average Bonchev–Trinajstić information content (AvgIpc) is 2.72. The van der Waals surface area contributed by atoms with Crippen molar-refractivity contribution in [1.29, 1.82) is 0 Å². The van der Waals surface area contributed by atoms with Crippen LogP contribution in [0.15, 0.2) is 66.7 Å². The minimum absolute atomic E-state index is 0.0785. The van der Waals surface area contributed by atoms with Crippen LogP contribution >= 0.6 is 0 Å². The van der Waals surface area contributed by atoms with Crippen molar-refractivity contribution in [3.63, 3.8) is 0 Å². The predicted molar refractivity (Wildman–Crippen MR) is 113 cm³/mol. The number of nitrogens with one attached hydrogen (secondary N) is 1. The molecule has 0 unspecified atom stereocenters. The highest BCUT2D eigenvalue weighted by Crippen LogP contribution is 2.13. The highest BCUT2D eigenvalue weighted by molar-refractivity contribution is 5.26. The third-order valence-corrected chi connectivity index (χ3v) is 4.57. The van der Waals surface area contributed by atoms with Gasteiger partial charge in [-0.2, -0.15) is 0 Å². The second-order valence-corrected chi connectivity index (χ2v) is 6.86. The van der Waals surface area contributed by atoms with Gasteiger partial charge in [-0.05, 0) is 36.6 Å². The number of benzene rings is 2. The topological polar surface area (TPSA) is 30.5 Å². The quantitative estimate of drug-likeness (QED) is 0.502. The van der Waals surface area contributed by atoms with Crippen LogP contribution in [0, 0.1) is 0 Å². The van der Waals surface area contributed by atoms with E-state index in [1.165, 1.54) is 18.4 Å². The maximum atomic E-state index is 5.96. The van der Waals surface area contributed by atoms with E-state index in [1.54, 1.807) is 7.11 Å². The molecule has 2 atom stereocenters. The Bertz CT molecular complexity index is 652. The van der Waals surface area contributed by atoms with Gasteiger partial charge in [-0.25, -0.2) is 0 Å². The fourth-order valence-corrected chi connectivity index (χ4v) is 2.83. The van der Waals surface area contributed by atoms with Crippen molar-refractivity contribution < 1.29 is 9.47 Å². The Morgan fingerprint density at radius 1 is 0.963 bits per heavy atom. The molecular weight excluding hydrogens is 334 g/mol. The van der Waals surface area contributed by atoms with Crippen LogP contribution in [-0.2, 0) is 17.9 Å². The van der Waals surface area contributed by atoms with Gasteiger partial charge in [0, 0.05) is 12.6 Å². The smallest absolute Gasteiger partial charge is 0.118 e. The molecule has 0 spiro atoms. The van der Waals surface area contributed by atoms with Crippen LogP contribution < -0.4 is 10.1 Å². The van der Waals surface area contributed by atoms with E-state index in [1.807, 2.05) is 24.3 Å². The highest BCUT2D eigenvalue weighted by Gasteiger charge is 2.06. The Morgan fingerprint density at radius 3 is 2.37 bits per heavy atom. The zero-order chi connectivity index (χ0) is 19.3. The lowest BCUT2D eigenvalue weighted by Crippen LogP contribution is -2.27. The summed E-state index contributed by atoms with van der Waals surface area (Å²) in [6, 6.07) is 18.9. The normalized spacial score (nSPS) is 13.6. The molecule has 0 aliphatic heterocycles. The number of unbranched alkanes of at least 4 members (excludes halogenated alkanes) is 1. The van der Waals surface area contributed by atoms with Gasteiger partial charge in [0.05, 0.1) is 19.8 Å². The van der Waals surface area contributed by atoms with Crippen LogP contribution in [0.1, 0.15) is 44.2 Å². The van der Waals surface area contributed by atoms with Gasteiger partial charge in [-0.15, -0.1) is 0 Å². The highest BCUT2D eigenvalue weighted by atomic mass is 16.5. The molecular formula is C24H33NO2. The summed E-state index contributed by atoms with van der Waals surface area (Å²) in [4.78, 5) is 0. The van der Waals surface area contributed by atoms with Crippen molar-refractivity contribution in [1.82, 2.24) is 5.32 Å². The minimum Gasteiger partial charge on any atom is -0.497 e. The average molecular weight is 368 g/mol. The Balaban J connectivity index is 1.81. The van der Waals surface area contributed by atoms with E-state index in [2.05, 4.69) is 61.6 Å². The molecule has 0 saturated heterocycles. The first-order valence-corrected chi connectivity index (χ1v) is 9.91. The fourth-order valence-electron chi connectivity index (χ4n) is 2.83. The molecule has 0 aromatic heterocycles. The second-order valence-electron chi connectivity index (χ2n) is 6.86. The first-order valence-electron chi connectivity index (χ1n) is 9.91. The van der Waals surface area contributed by atoms with Gasteiger partial charge in [-0.3, -0.25) is 0 Å². The summed E-state index contributed by atoms with van der Waals surface area (Å²) in [7, 11) is 1.68. The van der Waals surface area contributed by atoms with Crippen molar-refractivity contribution in [2.45, 2.75) is 58.4 Å². The molecule has 2 aromatic rings. The van der Waals surface area contributed by atoms with E-state index in [0.717, 1.165) is 24.3 Å². The van der Waals surface area contributed by atoms with Crippen LogP contribution in [0.25, 0.3) is 0 Å². The molecule has 2 aromatic carbocycles. The summed E-state index contributed by atoms with van der Waals surface area (Å²) in [5.41, 5.74) is 2.47. The van der Waals surface area contributed by atoms with E-state index in [0.29, 0.717) is 12.6 Å². The summed E-state index contributed by atoms with van der Waals surface area (Å²) in [5.74, 6) is 0.870. The Labute approximate surface area is 164 Å². The summed E-state index contributed by atoms with van der Waals surface area (Å²) in [6.45, 7) is 5.82. The van der Waals surface area contributed by atoms with Crippen LogP contribution in [0.3, 0.4) is 0 Å². The first kappa shape index (κ1) is 21.2. The standard InChI is InChI=1S/C24H33NO2/c1-4-5-11-23(25-18-21-9-7-6-8-10-21)15-12-20(2)27-19-22-13-16-24(26-3)17-14-22/h6-10,12-17,20,23,25H,4-5,11,18-19H2,1-3H3/b15-12+/t20-,23+/m1/s1. The maximum absolute atomic E-state index is 5.96. The van der Waals surface area contributed by atoms with Gasteiger partial charge in [-0.1, -0.05) is 74.4 Å². The van der Waals surface area contributed by atoms with Crippen molar-refractivity contribution in [2.24, 2.45) is 0 Å². The second kappa shape index (κ2) is 12.3. The fraction of sp³-hybridized carbons (Fsp3) is 0.417. The van der Waals surface area contributed by atoms with Gasteiger partial charge >= 0.3 is 0 Å². The monoisotopic (exact) mass is 367 g/mol. The van der Waals surface area contributed by atoms with E-state index in [4.69, 9.17) is 9.47 Å². The molecule has 0 bridgehead atoms. The molecule has 1 N–H and O–H groups in total. The number of methoxy groups -OCH3 is 1. The lowest BCUT2D eigenvalue weighted by molar-refractivity contribution is 0.0837. The lowest BCUT2D eigenvalue weighted by atomic mass is 10.1. The van der Waals surface area contributed by atoms with Crippen molar-refractivity contribution in [3.8, 4) is 5.75 Å². The SMILES string of the molecule is CCCC[C@@H](/C=C/[C@@H](C)OCc1ccc(OC)cc1)NCc1ccccc1. The van der Waals surface area contributed by atoms with E-state index in [-0.39, 0.29) is 6.10 Å². The third kappa shape index (κ3) is 8.42. The number of hydrogen-bond donors (Lipinski definition) is 1. The molecule has 0 aliphatic rings. The summed E-state index contributed by atoms with van der Waals surface area (Å²) in [6.07, 6.45) is 8.08. The zero-order valence-corrected chi connectivity index (χ0v) is 16.9. The molecule has 0 fully saturated rings. The molecule has 0 saturated carbocycles. The van der Waals surface area contributed by atoms with Crippen molar-refractivity contribution in [2.75, 3.05) is 7.11 Å². The summed E-state index contributed by atoms with van der Waals surface area (Å²) < 4.78 is 11.2. The Kier molecular flexibility index (Phi) is 9.67. The van der Waals surface area contributed by atoms with Crippen molar-refractivity contribution in [3.05, 3.63) is 77.9 Å². The van der Waals surface area contributed by atoms with E-state index >= 15 is 0 Å². The van der Waals surface area contributed by atoms with Crippen LogP contribution in [0.2, 0.25) is 0 Å². The maximum Gasteiger partial charge on any atom is 0.118 e. The van der Waals surface area contributed by atoms with Crippen LogP contribution in [0.5, 0.6) is 5.75 Å². The lowest BCUT2D eigenvalue weighted by Gasteiger charge is -2.16. The first-order chi connectivity index (χ1) is 13.2. The molecule has 3 heteroatoms. The van der Waals surface area contributed by atoms with Gasteiger partial charge in [0.15, 0.2) is 0 Å². The molecule has 0 heterocycles. The summed E-state index contributed by atoms with van der Waals surface area (Å²) in [5, 5.41) is 3.66. The zero-order valence-electron chi connectivity index (χ0n) is 16.9. The number of hydrogen-bond acceptors (Lipinski definition) is 3. The van der Waals surface area contributed by atoms with Crippen LogP contribution in [0.4, 0.5) is 0 Å². The largest absolute Gasteiger partial charge is 0.497 e. The van der Waals surface area contributed by atoms with Gasteiger partial charge in [0.2, 0.25) is 0 Å². The van der Waals surface area contributed by atoms with E-state index in [9.17, 15) is 0 Å². The molecule has 27 heavy (non-hydrogen) atoms. The molecule has 2 rings (SSSR count). The van der Waals surface area contributed by atoms with Gasteiger partial charge < -0.3 is 14.8 Å².